The number of hydrogen-bond acceptors (Lipinski definition) is 6. The Hall–Kier alpha value is -1.39. The maximum absolute atomic E-state index is 10.8. The summed E-state index contributed by atoms with van der Waals surface area (Å²) in [6.07, 6.45) is 5.98. The van der Waals surface area contributed by atoms with Crippen LogP contribution < -0.4 is 0 Å². The Morgan fingerprint density at radius 3 is 1.15 bits per heavy atom. The van der Waals surface area contributed by atoms with Crippen LogP contribution in [0.3, 0.4) is 0 Å². The summed E-state index contributed by atoms with van der Waals surface area (Å²) in [6.45, 7) is 8.92. The van der Waals surface area contributed by atoms with Gasteiger partial charge in [-0.2, -0.15) is 0 Å². The Morgan fingerprint density at radius 1 is 0.778 bits per heavy atom. The van der Waals surface area contributed by atoms with Gasteiger partial charge in [-0.05, 0) is 12.2 Å². The number of ketones is 2. The molecule has 0 spiro atoms. The third-order valence-electron chi connectivity index (χ3n) is 2.96. The monoisotopic (exact) mass is 408 g/mol. The molecule has 0 aromatic rings. The minimum absolute atomic E-state index is 0.151. The Balaban J connectivity index is -0.000000344. The Bertz CT molecular complexity index is 513. The summed E-state index contributed by atoms with van der Waals surface area (Å²) in [7, 11) is 7.57. The summed E-state index contributed by atoms with van der Waals surface area (Å²) in [4.78, 5) is 21.5. The minimum Gasteiger partial charge on any atom is -0.759 e. The van der Waals surface area contributed by atoms with Crippen LogP contribution in [0.15, 0.2) is 25.3 Å². The van der Waals surface area contributed by atoms with Crippen molar-refractivity contribution in [1.29, 1.82) is 0 Å². The normalized spacial score (nSPS) is 11.3. The predicted octanol–water partition coefficient (Wildman–Crippen LogP) is 1.12. The molecule has 0 aliphatic heterocycles. The zero-order valence-corrected chi connectivity index (χ0v) is 18.4. The van der Waals surface area contributed by atoms with Crippen LogP contribution in [0.25, 0.3) is 0 Å². The molecule has 8 nitrogen and oxygen atoms in total. The number of carbonyl (C=O) groups excluding carboxylic acids is 2. The summed E-state index contributed by atoms with van der Waals surface area (Å²) in [5.74, 6) is 0.303. The van der Waals surface area contributed by atoms with Crippen molar-refractivity contribution in [3.05, 3.63) is 25.3 Å². The summed E-state index contributed by atoms with van der Waals surface area (Å²) < 4.78 is 35.9. The fraction of sp³-hybridized carbons (Fsp3) is 0.667. The number of nitrogens with zero attached hydrogens (tertiary/aromatic N) is 2. The van der Waals surface area contributed by atoms with E-state index in [2.05, 4.69) is 55.4 Å². The van der Waals surface area contributed by atoms with Gasteiger partial charge in [-0.1, -0.05) is 13.2 Å². The summed E-state index contributed by atoms with van der Waals surface area (Å²) in [5, 5.41) is 0. The van der Waals surface area contributed by atoms with Crippen LogP contribution in [0.5, 0.6) is 0 Å². The fourth-order valence-corrected chi connectivity index (χ4v) is 1.66. The fourth-order valence-electron chi connectivity index (χ4n) is 1.66. The molecule has 0 heterocycles. The van der Waals surface area contributed by atoms with E-state index in [1.165, 1.54) is 12.2 Å². The number of hydrogen-bond donors (Lipinski definition) is 0. The largest absolute Gasteiger partial charge is 0.759 e. The molecule has 0 saturated carbocycles. The van der Waals surface area contributed by atoms with E-state index < -0.39 is 10.4 Å². The molecule has 27 heavy (non-hydrogen) atoms. The van der Waals surface area contributed by atoms with Crippen molar-refractivity contribution < 1.29 is 36.1 Å². The van der Waals surface area contributed by atoms with Crippen molar-refractivity contribution in [2.45, 2.75) is 25.7 Å². The molecule has 0 N–H and O–H groups in total. The lowest BCUT2D eigenvalue weighted by atomic mass is 10.2. The first kappa shape index (κ1) is 30.3. The lowest BCUT2D eigenvalue weighted by Crippen LogP contribution is -2.35. The molecule has 0 fully saturated rings. The van der Waals surface area contributed by atoms with Gasteiger partial charge in [0.1, 0.15) is 0 Å². The van der Waals surface area contributed by atoms with E-state index in [0.29, 0.717) is 12.8 Å². The van der Waals surface area contributed by atoms with Crippen molar-refractivity contribution in [2.24, 2.45) is 0 Å². The van der Waals surface area contributed by atoms with Crippen LogP contribution in [0.2, 0.25) is 0 Å². The van der Waals surface area contributed by atoms with Gasteiger partial charge in [0.15, 0.2) is 11.6 Å². The van der Waals surface area contributed by atoms with E-state index in [9.17, 15) is 9.59 Å². The number of allylic oxidation sites excluding steroid dienone is 2. The van der Waals surface area contributed by atoms with Gasteiger partial charge in [-0.25, -0.2) is 0 Å². The zero-order valence-electron chi connectivity index (χ0n) is 17.6. The molecule has 0 atom stereocenters. The highest BCUT2D eigenvalue weighted by atomic mass is 32.3. The Kier molecular flexibility index (Phi) is 16.5. The van der Waals surface area contributed by atoms with Gasteiger partial charge < -0.3 is 18.1 Å². The van der Waals surface area contributed by atoms with Crippen molar-refractivity contribution in [1.82, 2.24) is 0 Å². The van der Waals surface area contributed by atoms with Gasteiger partial charge in [0.2, 0.25) is 0 Å². The third-order valence-corrected chi connectivity index (χ3v) is 2.96. The highest BCUT2D eigenvalue weighted by Crippen LogP contribution is 1.99. The van der Waals surface area contributed by atoms with Crippen LogP contribution in [0.1, 0.15) is 25.7 Å². The number of rotatable bonds is 10. The Morgan fingerprint density at radius 2 is 1.00 bits per heavy atom. The molecule has 0 saturated heterocycles. The van der Waals surface area contributed by atoms with Gasteiger partial charge in [-0.15, -0.1) is 0 Å². The maximum atomic E-state index is 10.8. The molecule has 0 aromatic heterocycles. The zero-order chi connectivity index (χ0) is 22.3. The number of carbonyl (C=O) groups is 2. The van der Waals surface area contributed by atoms with Crippen molar-refractivity contribution in [2.75, 3.05) is 55.4 Å². The standard InChI is InChI=1S/2C9H18NO.H2O4S/c2*1-5-9(11)7-6-8-10(2,3)4;1-5(2,3)4/h2*5H,1,6-8H2,2-4H3;(H2,1,2,3,4)/q2*+1;/p-2. The SMILES string of the molecule is C=CC(=O)CCC[N+](C)(C)C.C=CC(=O)CCC[N+](C)(C)C.O=S(=O)([O-])[O-]. The van der Waals surface area contributed by atoms with Crippen LogP contribution in [-0.2, 0) is 20.0 Å². The highest BCUT2D eigenvalue weighted by Gasteiger charge is 2.07. The lowest BCUT2D eigenvalue weighted by Gasteiger charge is -2.23. The summed E-state index contributed by atoms with van der Waals surface area (Å²) >= 11 is 0. The van der Waals surface area contributed by atoms with E-state index in [4.69, 9.17) is 17.5 Å². The molecule has 0 aromatic carbocycles. The molecule has 0 rings (SSSR count). The van der Waals surface area contributed by atoms with E-state index in [1.807, 2.05) is 0 Å². The van der Waals surface area contributed by atoms with Crippen LogP contribution in [0.4, 0.5) is 0 Å². The molecular weight excluding hydrogens is 372 g/mol. The molecule has 0 aliphatic carbocycles. The van der Waals surface area contributed by atoms with Gasteiger partial charge in [0.25, 0.3) is 0 Å². The lowest BCUT2D eigenvalue weighted by molar-refractivity contribution is -0.870. The molecule has 9 heteroatoms. The van der Waals surface area contributed by atoms with E-state index in [1.54, 1.807) is 0 Å². The number of quaternary nitrogens is 2. The average molecular weight is 409 g/mol. The first-order valence-electron chi connectivity index (χ1n) is 8.49. The predicted molar refractivity (Wildman–Crippen MR) is 105 cm³/mol. The molecule has 0 unspecified atom stereocenters. The molecule has 160 valence electrons. The molecule has 0 aliphatic rings. The second kappa shape index (κ2) is 14.6. The van der Waals surface area contributed by atoms with Crippen molar-refractivity contribution in [3.8, 4) is 0 Å². The van der Waals surface area contributed by atoms with Gasteiger partial charge in [-0.3, -0.25) is 18.0 Å². The van der Waals surface area contributed by atoms with Crippen molar-refractivity contribution in [3.63, 3.8) is 0 Å². The van der Waals surface area contributed by atoms with Gasteiger partial charge >= 0.3 is 0 Å². The molecule has 0 amide bonds. The third kappa shape index (κ3) is 45.6. The van der Waals surface area contributed by atoms with Crippen molar-refractivity contribution >= 4 is 22.0 Å². The van der Waals surface area contributed by atoms with Gasteiger partial charge in [0, 0.05) is 36.1 Å². The second-order valence-corrected chi connectivity index (χ2v) is 8.80. The molecule has 0 bridgehead atoms. The topological polar surface area (TPSA) is 114 Å². The second-order valence-electron chi connectivity index (χ2n) is 7.98. The summed E-state index contributed by atoms with van der Waals surface area (Å²) in [5.41, 5.74) is 0. The maximum Gasteiger partial charge on any atom is 0.155 e. The first-order valence-corrected chi connectivity index (χ1v) is 9.82. The van der Waals surface area contributed by atoms with Crippen LogP contribution in [-0.4, -0.2) is 93.4 Å². The molecular formula is C18H36N2O6S. The van der Waals surface area contributed by atoms with E-state index >= 15 is 0 Å². The quantitative estimate of drug-likeness (QED) is 0.232. The Labute approximate surface area is 164 Å². The molecule has 0 radical (unpaired) electrons. The van der Waals surface area contributed by atoms with E-state index in [-0.39, 0.29) is 11.6 Å². The van der Waals surface area contributed by atoms with Crippen LogP contribution >= 0.6 is 0 Å². The smallest absolute Gasteiger partial charge is 0.155 e. The van der Waals surface area contributed by atoms with Crippen LogP contribution in [0, 0.1) is 0 Å². The van der Waals surface area contributed by atoms with Gasteiger partial charge in [0.05, 0.1) is 55.4 Å². The minimum atomic E-state index is -5.17. The van der Waals surface area contributed by atoms with E-state index in [0.717, 1.165) is 34.9 Å². The average Bonchev–Trinajstić information content (AvgIpc) is 2.43. The first-order chi connectivity index (χ1) is 11.9. The highest BCUT2D eigenvalue weighted by molar-refractivity contribution is 7.79. The summed E-state index contributed by atoms with van der Waals surface area (Å²) in [6, 6.07) is 0.